The highest BCUT2D eigenvalue weighted by Crippen LogP contribution is 2.25. The number of hydrogen-bond donors (Lipinski definition) is 1. The van der Waals surface area contributed by atoms with E-state index in [1.165, 1.54) is 4.31 Å². The van der Waals surface area contributed by atoms with Crippen LogP contribution in [0.4, 0.5) is 0 Å². The molecule has 1 atom stereocenters. The minimum absolute atomic E-state index is 0.109. The van der Waals surface area contributed by atoms with Crippen LogP contribution in [-0.4, -0.2) is 56.2 Å². The van der Waals surface area contributed by atoms with Gasteiger partial charge < -0.3 is 10.1 Å². The highest BCUT2D eigenvalue weighted by atomic mass is 79.9. The quantitative estimate of drug-likeness (QED) is 0.668. The van der Waals surface area contributed by atoms with Crippen LogP contribution in [0.2, 0.25) is 0 Å². The van der Waals surface area contributed by atoms with Gasteiger partial charge in [0.1, 0.15) is 5.75 Å². The van der Waals surface area contributed by atoms with E-state index in [-0.39, 0.29) is 18.4 Å². The molecule has 0 bridgehead atoms. The van der Waals surface area contributed by atoms with Gasteiger partial charge in [0.2, 0.25) is 5.91 Å². The minimum atomic E-state index is -3.50. The van der Waals surface area contributed by atoms with E-state index >= 15 is 0 Å². The molecule has 1 N–H and O–H groups in total. The van der Waals surface area contributed by atoms with Crippen molar-refractivity contribution in [2.75, 3.05) is 33.3 Å². The number of hydrogen-bond acceptors (Lipinski definition) is 4. The maximum Gasteiger partial charge on any atom is 0.281 e. The Kier molecular flexibility index (Phi) is 7.95. The Hall–Kier alpha value is -1.16. The number of ether oxygens (including phenoxy) is 1. The van der Waals surface area contributed by atoms with Gasteiger partial charge in [-0.1, -0.05) is 28.8 Å². The van der Waals surface area contributed by atoms with E-state index in [4.69, 9.17) is 4.74 Å². The van der Waals surface area contributed by atoms with Crippen LogP contribution in [0.15, 0.2) is 22.7 Å². The second-order valence-electron chi connectivity index (χ2n) is 7.69. The Bertz CT molecular complexity index is 810. The van der Waals surface area contributed by atoms with Crippen molar-refractivity contribution < 1.29 is 17.9 Å². The Morgan fingerprint density at radius 3 is 2.52 bits per heavy atom. The first-order valence-corrected chi connectivity index (χ1v) is 12.5. The Morgan fingerprint density at radius 1 is 1.14 bits per heavy atom. The second kappa shape index (κ2) is 10.2. The SMILES string of the molecule is COc1ccc(Br)cc1CNC(=O)[C@@H]1CCCN(S(=O)(=O)N2CCCCCC2)C1. The maximum atomic E-state index is 13.1. The van der Waals surface area contributed by atoms with E-state index < -0.39 is 10.2 Å². The number of carbonyl (C=O) groups is 1. The number of methoxy groups -OCH3 is 1. The van der Waals surface area contributed by atoms with Gasteiger partial charge in [0.25, 0.3) is 10.2 Å². The summed E-state index contributed by atoms with van der Waals surface area (Å²) in [6.45, 7) is 2.25. The molecule has 0 saturated carbocycles. The third kappa shape index (κ3) is 5.71. The molecule has 1 aromatic rings. The molecule has 0 aromatic heterocycles. The normalized spacial score (nSPS) is 22.1. The van der Waals surface area contributed by atoms with E-state index in [0.29, 0.717) is 44.8 Å². The monoisotopic (exact) mass is 487 g/mol. The summed E-state index contributed by atoms with van der Waals surface area (Å²) in [5.74, 6) is 0.272. The third-order valence-corrected chi connectivity index (χ3v) is 8.16. The van der Waals surface area contributed by atoms with Gasteiger partial charge in [-0.05, 0) is 43.9 Å². The highest BCUT2D eigenvalue weighted by Gasteiger charge is 2.35. The zero-order valence-corrected chi connectivity index (χ0v) is 19.3. The van der Waals surface area contributed by atoms with E-state index in [1.54, 1.807) is 11.4 Å². The van der Waals surface area contributed by atoms with E-state index in [9.17, 15) is 13.2 Å². The van der Waals surface area contributed by atoms with E-state index in [2.05, 4.69) is 21.2 Å². The molecule has 7 nitrogen and oxygen atoms in total. The molecule has 0 unspecified atom stereocenters. The molecule has 1 amide bonds. The summed E-state index contributed by atoms with van der Waals surface area (Å²) < 4.78 is 35.5. The molecule has 2 heterocycles. The molecule has 2 fully saturated rings. The van der Waals surface area contributed by atoms with Gasteiger partial charge in [-0.2, -0.15) is 17.0 Å². The van der Waals surface area contributed by atoms with Gasteiger partial charge in [-0.15, -0.1) is 0 Å². The lowest BCUT2D eigenvalue weighted by Gasteiger charge is -2.34. The fourth-order valence-corrected chi connectivity index (χ4v) is 6.20. The van der Waals surface area contributed by atoms with Gasteiger partial charge >= 0.3 is 0 Å². The predicted molar refractivity (Wildman–Crippen MR) is 116 cm³/mol. The zero-order valence-electron chi connectivity index (χ0n) is 16.9. The van der Waals surface area contributed by atoms with Crippen LogP contribution >= 0.6 is 15.9 Å². The minimum Gasteiger partial charge on any atom is -0.496 e. The fraction of sp³-hybridized carbons (Fsp3) is 0.650. The first kappa shape index (κ1) is 22.5. The molecule has 162 valence electrons. The predicted octanol–water partition coefficient (Wildman–Crippen LogP) is 2.91. The van der Waals surface area contributed by atoms with E-state index in [1.807, 2.05) is 18.2 Å². The van der Waals surface area contributed by atoms with Crippen LogP contribution in [0.1, 0.15) is 44.1 Å². The van der Waals surface area contributed by atoms with Crippen LogP contribution in [0.3, 0.4) is 0 Å². The topological polar surface area (TPSA) is 79.0 Å². The van der Waals surface area contributed by atoms with Crippen LogP contribution in [0.25, 0.3) is 0 Å². The lowest BCUT2D eigenvalue weighted by Crippen LogP contribution is -2.50. The first-order valence-electron chi connectivity index (χ1n) is 10.3. The second-order valence-corrected chi connectivity index (χ2v) is 10.5. The van der Waals surface area contributed by atoms with E-state index in [0.717, 1.165) is 35.7 Å². The van der Waals surface area contributed by atoms with Crippen LogP contribution in [0.5, 0.6) is 5.75 Å². The van der Waals surface area contributed by atoms with Crippen molar-refractivity contribution >= 4 is 32.0 Å². The lowest BCUT2D eigenvalue weighted by atomic mass is 9.98. The molecular weight excluding hydrogens is 458 g/mol. The summed E-state index contributed by atoms with van der Waals surface area (Å²) in [4.78, 5) is 12.8. The average Bonchev–Trinajstić information content (AvgIpc) is 3.02. The molecule has 3 rings (SSSR count). The zero-order chi connectivity index (χ0) is 20.9. The van der Waals surface area contributed by atoms with Crippen LogP contribution in [0, 0.1) is 5.92 Å². The molecule has 0 spiro atoms. The summed E-state index contributed by atoms with van der Waals surface area (Å²) in [6, 6.07) is 5.65. The summed E-state index contributed by atoms with van der Waals surface area (Å²) >= 11 is 3.44. The van der Waals surface area contributed by atoms with Gasteiger partial charge in [-0.25, -0.2) is 0 Å². The summed E-state index contributed by atoms with van der Waals surface area (Å²) in [6.07, 6.45) is 5.38. The third-order valence-electron chi connectivity index (χ3n) is 5.67. The van der Waals surface area contributed by atoms with Crippen molar-refractivity contribution in [3.8, 4) is 5.75 Å². The standard InChI is InChI=1S/C20H30BrN3O4S/c1-28-19-9-8-18(21)13-17(19)14-22-20(25)16-7-6-12-24(15-16)29(26,27)23-10-4-2-3-5-11-23/h8-9,13,16H,2-7,10-12,14-15H2,1H3,(H,22,25)/t16-/m1/s1. The largest absolute Gasteiger partial charge is 0.496 e. The lowest BCUT2D eigenvalue weighted by molar-refractivity contribution is -0.126. The Labute approximate surface area is 182 Å². The number of halogens is 1. The smallest absolute Gasteiger partial charge is 0.281 e. The Morgan fingerprint density at radius 2 is 1.83 bits per heavy atom. The molecule has 2 saturated heterocycles. The van der Waals surface area contributed by atoms with Crippen molar-refractivity contribution in [2.45, 2.75) is 45.1 Å². The van der Waals surface area contributed by atoms with Crippen molar-refractivity contribution in [3.05, 3.63) is 28.2 Å². The number of amides is 1. The molecule has 0 radical (unpaired) electrons. The number of benzene rings is 1. The molecule has 29 heavy (non-hydrogen) atoms. The Balaban J connectivity index is 1.61. The molecule has 1 aromatic carbocycles. The highest BCUT2D eigenvalue weighted by molar-refractivity contribution is 9.10. The number of carbonyl (C=O) groups excluding carboxylic acids is 1. The van der Waals surface area contributed by atoms with Crippen molar-refractivity contribution in [1.29, 1.82) is 0 Å². The molecule has 0 aliphatic carbocycles. The number of rotatable bonds is 6. The number of nitrogens with zero attached hydrogens (tertiary/aromatic N) is 2. The van der Waals surface area contributed by atoms with Gasteiger partial charge in [0.15, 0.2) is 0 Å². The first-order chi connectivity index (χ1) is 13.9. The summed E-state index contributed by atoms with van der Waals surface area (Å²) in [7, 11) is -1.90. The van der Waals surface area contributed by atoms with Gasteiger partial charge in [-0.3, -0.25) is 4.79 Å². The average molecular weight is 488 g/mol. The molecular formula is C20H30BrN3O4S. The van der Waals surface area contributed by atoms with Crippen molar-refractivity contribution in [1.82, 2.24) is 13.9 Å². The maximum absolute atomic E-state index is 13.1. The van der Waals surface area contributed by atoms with Crippen LogP contribution < -0.4 is 10.1 Å². The van der Waals surface area contributed by atoms with Gasteiger partial charge in [0, 0.05) is 42.8 Å². The van der Waals surface area contributed by atoms with Crippen molar-refractivity contribution in [2.24, 2.45) is 5.92 Å². The van der Waals surface area contributed by atoms with Crippen molar-refractivity contribution in [3.63, 3.8) is 0 Å². The van der Waals surface area contributed by atoms with Gasteiger partial charge in [0.05, 0.1) is 13.0 Å². The molecule has 2 aliphatic rings. The number of piperidine rings is 1. The van der Waals surface area contributed by atoms with Crippen LogP contribution in [-0.2, 0) is 21.5 Å². The summed E-state index contributed by atoms with van der Waals surface area (Å²) in [5.41, 5.74) is 0.875. The molecule has 2 aliphatic heterocycles. The number of nitrogens with one attached hydrogen (secondary N) is 1. The molecule has 9 heteroatoms. The fourth-order valence-electron chi connectivity index (χ4n) is 4.01. The summed E-state index contributed by atoms with van der Waals surface area (Å²) in [5, 5.41) is 2.96.